The predicted octanol–water partition coefficient (Wildman–Crippen LogP) is 4.13. The Balaban J connectivity index is 0.00000240. The summed E-state index contributed by atoms with van der Waals surface area (Å²) in [5.41, 5.74) is 5.18. The normalized spacial score (nSPS) is 16.1. The van der Waals surface area contributed by atoms with Gasteiger partial charge in [-0.15, -0.1) is 12.4 Å². The first kappa shape index (κ1) is 21.1. The van der Waals surface area contributed by atoms with Gasteiger partial charge >= 0.3 is 0 Å². The Morgan fingerprint density at radius 1 is 1.17 bits per heavy atom. The van der Waals surface area contributed by atoms with E-state index in [0.29, 0.717) is 18.3 Å². The fourth-order valence-electron chi connectivity index (χ4n) is 3.63. The number of halogens is 1. The summed E-state index contributed by atoms with van der Waals surface area (Å²) in [7, 11) is 0. The zero-order valence-corrected chi connectivity index (χ0v) is 17.4. The molecule has 29 heavy (non-hydrogen) atoms. The highest BCUT2D eigenvalue weighted by Gasteiger charge is 2.17. The summed E-state index contributed by atoms with van der Waals surface area (Å²) in [6.07, 6.45) is 4.15. The minimum absolute atomic E-state index is 0. The lowest BCUT2D eigenvalue weighted by atomic mass is 10.0. The van der Waals surface area contributed by atoms with Gasteiger partial charge < -0.3 is 10.6 Å². The van der Waals surface area contributed by atoms with E-state index in [-0.39, 0.29) is 18.3 Å². The Morgan fingerprint density at radius 2 is 2.00 bits per heavy atom. The van der Waals surface area contributed by atoms with Crippen molar-refractivity contribution in [2.75, 3.05) is 13.1 Å². The lowest BCUT2D eigenvalue weighted by Gasteiger charge is -2.22. The minimum Gasteiger partial charge on any atom is -0.347 e. The summed E-state index contributed by atoms with van der Waals surface area (Å²) >= 11 is 0. The third-order valence-corrected chi connectivity index (χ3v) is 5.24. The molecular formula is C23H27ClN4O. The number of benzene rings is 2. The summed E-state index contributed by atoms with van der Waals surface area (Å²) in [5.74, 6) is -0.134. The Hall–Kier alpha value is -2.63. The smallest absolute Gasteiger partial charge is 0.272 e. The quantitative estimate of drug-likeness (QED) is 0.664. The van der Waals surface area contributed by atoms with Gasteiger partial charge in [0, 0.05) is 19.3 Å². The number of piperidine rings is 1. The zero-order valence-electron chi connectivity index (χ0n) is 16.6. The number of amides is 1. The molecule has 0 aliphatic carbocycles. The molecule has 0 saturated carbocycles. The molecule has 0 spiro atoms. The monoisotopic (exact) mass is 410 g/mol. The molecule has 1 aromatic heterocycles. The van der Waals surface area contributed by atoms with E-state index < -0.39 is 0 Å². The number of hydrogen-bond acceptors (Lipinski definition) is 3. The SMILES string of the molecule is Cc1cccc(-c2ccc(CNC(=O)c3ccn(C4CCCNC4)n3)cc2)c1.Cl. The molecule has 1 aliphatic heterocycles. The van der Waals surface area contributed by atoms with Crippen molar-refractivity contribution in [3.63, 3.8) is 0 Å². The highest BCUT2D eigenvalue weighted by Crippen LogP contribution is 2.21. The maximum Gasteiger partial charge on any atom is 0.272 e. The van der Waals surface area contributed by atoms with Gasteiger partial charge in [0.25, 0.3) is 5.91 Å². The summed E-state index contributed by atoms with van der Waals surface area (Å²) in [5, 5.41) is 10.8. The van der Waals surface area contributed by atoms with Gasteiger partial charge in [0.15, 0.2) is 0 Å². The highest BCUT2D eigenvalue weighted by atomic mass is 35.5. The molecule has 1 saturated heterocycles. The number of aryl methyl sites for hydroxylation is 1. The molecule has 1 atom stereocenters. The number of carbonyl (C=O) groups excluding carboxylic acids is 1. The lowest BCUT2D eigenvalue weighted by molar-refractivity contribution is 0.0944. The second kappa shape index (κ2) is 9.72. The van der Waals surface area contributed by atoms with Gasteiger partial charge in [-0.3, -0.25) is 9.48 Å². The van der Waals surface area contributed by atoms with Crippen LogP contribution in [0.15, 0.2) is 60.8 Å². The molecule has 6 heteroatoms. The Labute approximate surface area is 177 Å². The first-order valence-corrected chi connectivity index (χ1v) is 9.89. The number of carbonyl (C=O) groups is 1. The number of aromatic nitrogens is 2. The van der Waals surface area contributed by atoms with Crippen molar-refractivity contribution in [1.82, 2.24) is 20.4 Å². The topological polar surface area (TPSA) is 59.0 Å². The van der Waals surface area contributed by atoms with Crippen LogP contribution in [0.25, 0.3) is 11.1 Å². The van der Waals surface area contributed by atoms with Gasteiger partial charge in [-0.05, 0) is 49.1 Å². The second-order valence-electron chi connectivity index (χ2n) is 7.43. The van der Waals surface area contributed by atoms with Gasteiger partial charge in [-0.2, -0.15) is 5.10 Å². The van der Waals surface area contributed by atoms with E-state index in [1.807, 2.05) is 10.9 Å². The summed E-state index contributed by atoms with van der Waals surface area (Å²) in [6, 6.07) is 18.9. The zero-order chi connectivity index (χ0) is 19.3. The van der Waals surface area contributed by atoms with Gasteiger partial charge in [-0.1, -0.05) is 54.1 Å². The van der Waals surface area contributed by atoms with E-state index in [1.54, 1.807) is 6.07 Å². The average molecular weight is 411 g/mol. The Morgan fingerprint density at radius 3 is 2.72 bits per heavy atom. The van der Waals surface area contributed by atoms with Crippen molar-refractivity contribution >= 4 is 18.3 Å². The van der Waals surface area contributed by atoms with Crippen LogP contribution >= 0.6 is 12.4 Å². The molecule has 0 radical (unpaired) electrons. The van der Waals surface area contributed by atoms with Crippen molar-refractivity contribution in [2.24, 2.45) is 0 Å². The molecule has 2 aromatic carbocycles. The number of nitrogens with one attached hydrogen (secondary N) is 2. The van der Waals surface area contributed by atoms with Crippen LogP contribution in [-0.2, 0) is 6.54 Å². The molecule has 152 valence electrons. The number of rotatable bonds is 5. The number of hydrogen-bond donors (Lipinski definition) is 2. The fourth-order valence-corrected chi connectivity index (χ4v) is 3.63. The average Bonchev–Trinajstić information content (AvgIpc) is 3.23. The van der Waals surface area contributed by atoms with Crippen LogP contribution in [0.2, 0.25) is 0 Å². The lowest BCUT2D eigenvalue weighted by Crippen LogP contribution is -2.32. The maximum absolute atomic E-state index is 12.4. The first-order chi connectivity index (χ1) is 13.7. The highest BCUT2D eigenvalue weighted by molar-refractivity contribution is 5.92. The van der Waals surface area contributed by atoms with Crippen LogP contribution in [0.5, 0.6) is 0 Å². The largest absolute Gasteiger partial charge is 0.347 e. The molecule has 1 aliphatic rings. The van der Waals surface area contributed by atoms with Gasteiger partial charge in [0.2, 0.25) is 0 Å². The molecule has 4 rings (SSSR count). The first-order valence-electron chi connectivity index (χ1n) is 9.89. The summed E-state index contributed by atoms with van der Waals surface area (Å²) < 4.78 is 1.91. The minimum atomic E-state index is -0.134. The second-order valence-corrected chi connectivity index (χ2v) is 7.43. The molecule has 2 heterocycles. The molecule has 1 amide bonds. The van der Waals surface area contributed by atoms with Crippen LogP contribution in [0.3, 0.4) is 0 Å². The van der Waals surface area contributed by atoms with Crippen molar-refractivity contribution in [1.29, 1.82) is 0 Å². The van der Waals surface area contributed by atoms with Gasteiger partial charge in [-0.25, -0.2) is 0 Å². The van der Waals surface area contributed by atoms with Gasteiger partial charge in [0.05, 0.1) is 6.04 Å². The van der Waals surface area contributed by atoms with Crippen LogP contribution in [0.4, 0.5) is 0 Å². The molecular weight excluding hydrogens is 384 g/mol. The van der Waals surface area contributed by atoms with Crippen molar-refractivity contribution in [3.8, 4) is 11.1 Å². The van der Waals surface area contributed by atoms with Crippen LogP contribution in [-0.4, -0.2) is 28.8 Å². The van der Waals surface area contributed by atoms with E-state index in [0.717, 1.165) is 31.5 Å². The Bertz CT molecular complexity index is 946. The van der Waals surface area contributed by atoms with E-state index in [2.05, 4.69) is 71.2 Å². The molecule has 0 bridgehead atoms. The van der Waals surface area contributed by atoms with Crippen LogP contribution in [0.1, 0.15) is 40.5 Å². The predicted molar refractivity (Wildman–Crippen MR) is 118 cm³/mol. The van der Waals surface area contributed by atoms with Crippen LogP contribution < -0.4 is 10.6 Å². The van der Waals surface area contributed by atoms with E-state index in [1.165, 1.54) is 16.7 Å². The third kappa shape index (κ3) is 5.25. The molecule has 5 nitrogen and oxygen atoms in total. The Kier molecular flexibility index (Phi) is 7.07. The van der Waals surface area contributed by atoms with E-state index in [9.17, 15) is 4.79 Å². The van der Waals surface area contributed by atoms with Crippen molar-refractivity contribution in [3.05, 3.63) is 77.6 Å². The standard InChI is InChI=1S/C23H26N4O.ClH/c1-17-4-2-5-20(14-17)19-9-7-18(8-10-19)15-25-23(28)22-11-13-27(26-22)21-6-3-12-24-16-21;/h2,4-5,7-11,13-14,21,24H,3,6,12,15-16H2,1H3,(H,25,28);1H. The molecule has 2 N–H and O–H groups in total. The van der Waals surface area contributed by atoms with E-state index >= 15 is 0 Å². The fraction of sp³-hybridized carbons (Fsp3) is 0.304. The molecule has 1 fully saturated rings. The van der Waals surface area contributed by atoms with Crippen molar-refractivity contribution < 1.29 is 4.79 Å². The van der Waals surface area contributed by atoms with Gasteiger partial charge in [0.1, 0.15) is 5.69 Å². The number of nitrogens with zero attached hydrogens (tertiary/aromatic N) is 2. The van der Waals surface area contributed by atoms with E-state index in [4.69, 9.17) is 0 Å². The van der Waals surface area contributed by atoms with Crippen LogP contribution in [0, 0.1) is 6.92 Å². The third-order valence-electron chi connectivity index (χ3n) is 5.24. The van der Waals surface area contributed by atoms with Crippen molar-refractivity contribution in [2.45, 2.75) is 32.4 Å². The maximum atomic E-state index is 12.4. The molecule has 1 unspecified atom stereocenters. The summed E-state index contributed by atoms with van der Waals surface area (Å²) in [4.78, 5) is 12.4. The molecule has 3 aromatic rings. The summed E-state index contributed by atoms with van der Waals surface area (Å²) in [6.45, 7) is 4.56.